The van der Waals surface area contributed by atoms with Crippen molar-refractivity contribution >= 4 is 10.2 Å². The van der Waals surface area contributed by atoms with Gasteiger partial charge in [0.25, 0.3) is 10.2 Å². The lowest BCUT2D eigenvalue weighted by Crippen LogP contribution is -2.47. The van der Waals surface area contributed by atoms with Gasteiger partial charge in [0.05, 0.1) is 0 Å². The number of hydrogen-bond donors (Lipinski definition) is 2. The standard InChI is InChI=1S/C12H23N3O2S/c16-18(17,14-11-3-4-11)15(12-5-6-12)9-10-2-1-7-13-8-10/h10-14H,1-9H2. The second kappa shape index (κ2) is 5.07. The van der Waals surface area contributed by atoms with Crippen LogP contribution in [-0.4, -0.2) is 44.4 Å². The zero-order chi connectivity index (χ0) is 12.6. The molecule has 1 saturated heterocycles. The van der Waals surface area contributed by atoms with E-state index >= 15 is 0 Å². The second-order valence-corrected chi connectivity index (χ2v) is 7.57. The van der Waals surface area contributed by atoms with Gasteiger partial charge < -0.3 is 5.32 Å². The Morgan fingerprint density at radius 1 is 1.17 bits per heavy atom. The van der Waals surface area contributed by atoms with Crippen LogP contribution in [0.4, 0.5) is 0 Å². The molecule has 0 amide bonds. The highest BCUT2D eigenvalue weighted by molar-refractivity contribution is 7.87. The first-order chi connectivity index (χ1) is 8.65. The predicted octanol–water partition coefficient (Wildman–Crippen LogP) is 0.447. The van der Waals surface area contributed by atoms with Crippen LogP contribution in [0.5, 0.6) is 0 Å². The van der Waals surface area contributed by atoms with Gasteiger partial charge in [-0.3, -0.25) is 0 Å². The minimum atomic E-state index is -3.24. The van der Waals surface area contributed by atoms with Crippen LogP contribution in [-0.2, 0) is 10.2 Å². The highest BCUT2D eigenvalue weighted by atomic mass is 32.2. The van der Waals surface area contributed by atoms with Gasteiger partial charge in [-0.25, -0.2) is 0 Å². The van der Waals surface area contributed by atoms with Gasteiger partial charge in [-0.1, -0.05) is 0 Å². The van der Waals surface area contributed by atoms with E-state index in [2.05, 4.69) is 10.0 Å². The fourth-order valence-electron chi connectivity index (χ4n) is 2.62. The molecule has 1 aliphatic heterocycles. The third-order valence-electron chi connectivity index (χ3n) is 3.99. The van der Waals surface area contributed by atoms with Crippen LogP contribution in [0.2, 0.25) is 0 Å². The average molecular weight is 273 g/mol. The Hall–Kier alpha value is -0.170. The van der Waals surface area contributed by atoms with Crippen molar-refractivity contribution in [1.82, 2.24) is 14.3 Å². The van der Waals surface area contributed by atoms with Crippen LogP contribution in [0.1, 0.15) is 38.5 Å². The highest BCUT2D eigenvalue weighted by Gasteiger charge is 2.40. The summed E-state index contributed by atoms with van der Waals surface area (Å²) in [6, 6.07) is 0.476. The first kappa shape index (κ1) is 12.8. The SMILES string of the molecule is O=S(=O)(NC1CC1)N(CC1CCCNC1)C1CC1. The Bertz CT molecular complexity index is 384. The summed E-state index contributed by atoms with van der Waals surface area (Å²) in [7, 11) is -3.24. The molecule has 3 rings (SSSR count). The number of hydrogen-bond acceptors (Lipinski definition) is 3. The van der Waals surface area contributed by atoms with Gasteiger partial charge in [0.15, 0.2) is 0 Å². The summed E-state index contributed by atoms with van der Waals surface area (Å²) in [5.41, 5.74) is 0. The maximum absolute atomic E-state index is 12.3. The summed E-state index contributed by atoms with van der Waals surface area (Å²) in [5, 5.41) is 3.36. The van der Waals surface area contributed by atoms with Gasteiger partial charge in [-0.15, -0.1) is 0 Å². The maximum Gasteiger partial charge on any atom is 0.279 e. The van der Waals surface area contributed by atoms with Crippen molar-refractivity contribution in [3.63, 3.8) is 0 Å². The van der Waals surface area contributed by atoms with E-state index in [0.29, 0.717) is 12.5 Å². The molecule has 2 N–H and O–H groups in total. The van der Waals surface area contributed by atoms with E-state index in [4.69, 9.17) is 0 Å². The van der Waals surface area contributed by atoms with Crippen molar-refractivity contribution < 1.29 is 8.42 Å². The molecule has 0 bridgehead atoms. The Morgan fingerprint density at radius 2 is 1.94 bits per heavy atom. The Balaban J connectivity index is 1.63. The summed E-state index contributed by atoms with van der Waals surface area (Å²) in [6.07, 6.45) is 6.39. The molecular formula is C12H23N3O2S. The van der Waals surface area contributed by atoms with Crippen LogP contribution in [0, 0.1) is 5.92 Å². The summed E-state index contributed by atoms with van der Waals surface area (Å²) in [5.74, 6) is 0.482. The lowest BCUT2D eigenvalue weighted by atomic mass is 10.00. The van der Waals surface area contributed by atoms with E-state index in [9.17, 15) is 8.42 Å². The van der Waals surface area contributed by atoms with E-state index < -0.39 is 10.2 Å². The number of nitrogens with zero attached hydrogens (tertiary/aromatic N) is 1. The molecule has 104 valence electrons. The lowest BCUT2D eigenvalue weighted by molar-refractivity contribution is 0.284. The molecule has 2 aliphatic carbocycles. The normalized spacial score (nSPS) is 29.7. The zero-order valence-electron chi connectivity index (χ0n) is 10.8. The predicted molar refractivity (Wildman–Crippen MR) is 70.4 cm³/mol. The van der Waals surface area contributed by atoms with E-state index in [0.717, 1.165) is 45.2 Å². The highest BCUT2D eigenvalue weighted by Crippen LogP contribution is 2.31. The third kappa shape index (κ3) is 3.23. The van der Waals surface area contributed by atoms with Crippen LogP contribution in [0.25, 0.3) is 0 Å². The molecule has 3 fully saturated rings. The minimum absolute atomic E-state index is 0.209. The van der Waals surface area contributed by atoms with Gasteiger partial charge in [0.2, 0.25) is 0 Å². The quantitative estimate of drug-likeness (QED) is 0.738. The van der Waals surface area contributed by atoms with Gasteiger partial charge in [0, 0.05) is 18.6 Å². The lowest BCUT2D eigenvalue weighted by Gasteiger charge is -2.29. The van der Waals surface area contributed by atoms with Crippen molar-refractivity contribution in [2.75, 3.05) is 19.6 Å². The molecule has 1 atom stereocenters. The fourth-order valence-corrected chi connectivity index (χ4v) is 4.42. The molecule has 1 heterocycles. The molecule has 6 heteroatoms. The molecule has 3 aliphatic rings. The Labute approximate surface area is 109 Å². The van der Waals surface area contributed by atoms with E-state index in [1.165, 1.54) is 6.42 Å². The number of nitrogens with one attached hydrogen (secondary N) is 2. The molecule has 0 aromatic rings. The van der Waals surface area contributed by atoms with E-state index in [1.54, 1.807) is 4.31 Å². The molecule has 1 unspecified atom stereocenters. The molecule has 0 spiro atoms. The molecule has 0 aromatic heterocycles. The van der Waals surface area contributed by atoms with Crippen LogP contribution >= 0.6 is 0 Å². The number of rotatable bonds is 6. The van der Waals surface area contributed by atoms with Crippen molar-refractivity contribution in [3.05, 3.63) is 0 Å². The summed E-state index contributed by atoms with van der Waals surface area (Å²) >= 11 is 0. The van der Waals surface area contributed by atoms with Crippen molar-refractivity contribution in [3.8, 4) is 0 Å². The van der Waals surface area contributed by atoms with E-state index in [1.807, 2.05) is 0 Å². The summed E-state index contributed by atoms with van der Waals surface area (Å²) in [6.45, 7) is 2.73. The van der Waals surface area contributed by atoms with Crippen LogP contribution < -0.4 is 10.0 Å². The topological polar surface area (TPSA) is 61.4 Å². The first-order valence-corrected chi connectivity index (χ1v) is 8.59. The molecule has 2 saturated carbocycles. The second-order valence-electron chi connectivity index (χ2n) is 5.91. The Morgan fingerprint density at radius 3 is 2.50 bits per heavy atom. The van der Waals surface area contributed by atoms with Crippen LogP contribution in [0.3, 0.4) is 0 Å². The molecule has 18 heavy (non-hydrogen) atoms. The van der Waals surface area contributed by atoms with Gasteiger partial charge in [-0.2, -0.15) is 17.4 Å². The largest absolute Gasteiger partial charge is 0.316 e. The molecule has 5 nitrogen and oxygen atoms in total. The molecule has 0 radical (unpaired) electrons. The monoisotopic (exact) mass is 273 g/mol. The van der Waals surface area contributed by atoms with Crippen molar-refractivity contribution in [1.29, 1.82) is 0 Å². The summed E-state index contributed by atoms with van der Waals surface area (Å²) < 4.78 is 29.2. The molecular weight excluding hydrogens is 250 g/mol. The first-order valence-electron chi connectivity index (χ1n) is 7.15. The summed E-state index contributed by atoms with van der Waals surface area (Å²) in [4.78, 5) is 0. The smallest absolute Gasteiger partial charge is 0.279 e. The van der Waals surface area contributed by atoms with Gasteiger partial charge in [-0.05, 0) is 57.5 Å². The number of piperidine rings is 1. The van der Waals surface area contributed by atoms with Crippen LogP contribution in [0.15, 0.2) is 0 Å². The van der Waals surface area contributed by atoms with Gasteiger partial charge >= 0.3 is 0 Å². The maximum atomic E-state index is 12.3. The third-order valence-corrected chi connectivity index (χ3v) is 5.69. The van der Waals surface area contributed by atoms with Crippen molar-refractivity contribution in [2.45, 2.75) is 50.6 Å². The van der Waals surface area contributed by atoms with Crippen molar-refractivity contribution in [2.24, 2.45) is 5.92 Å². The zero-order valence-corrected chi connectivity index (χ0v) is 11.6. The fraction of sp³-hybridized carbons (Fsp3) is 1.00. The molecule has 0 aromatic carbocycles. The van der Waals surface area contributed by atoms with E-state index in [-0.39, 0.29) is 12.1 Å². The average Bonchev–Trinajstić information content (AvgIpc) is 3.21. The minimum Gasteiger partial charge on any atom is -0.316 e. The van der Waals surface area contributed by atoms with Gasteiger partial charge in [0.1, 0.15) is 0 Å². The Kier molecular flexibility index (Phi) is 3.62.